The highest BCUT2D eigenvalue weighted by atomic mass is 19.4. The second-order valence-corrected chi connectivity index (χ2v) is 10.7. The molecule has 0 aliphatic carbocycles. The molecule has 2 fully saturated rings. The summed E-state index contributed by atoms with van der Waals surface area (Å²) in [7, 11) is 1.97. The number of aliphatic hydroxyl groups is 2. The van der Waals surface area contributed by atoms with Crippen LogP contribution in [0.1, 0.15) is 38.3 Å². The lowest BCUT2D eigenvalue weighted by molar-refractivity contribution is -0.274. The number of rotatable bonds is 6. The van der Waals surface area contributed by atoms with Crippen molar-refractivity contribution in [3.05, 3.63) is 59.7 Å². The summed E-state index contributed by atoms with van der Waals surface area (Å²) in [5, 5.41) is 22.7. The van der Waals surface area contributed by atoms with Crippen LogP contribution in [-0.2, 0) is 5.60 Å². The van der Waals surface area contributed by atoms with Crippen LogP contribution < -0.4 is 9.64 Å². The van der Waals surface area contributed by atoms with Crippen molar-refractivity contribution >= 4 is 5.69 Å². The number of nitrogens with zero attached hydrogens (tertiary/aromatic N) is 2. The molecule has 2 N–H and O–H groups in total. The van der Waals surface area contributed by atoms with E-state index >= 15 is 0 Å². The molecule has 2 heterocycles. The molecule has 0 aromatic heterocycles. The van der Waals surface area contributed by atoms with Crippen LogP contribution in [0.5, 0.6) is 5.75 Å². The fraction of sp³-hybridized carbons (Fsp3) is 0.538. The average molecular weight is 479 g/mol. The Morgan fingerprint density at radius 1 is 1.00 bits per heavy atom. The Morgan fingerprint density at radius 2 is 1.65 bits per heavy atom. The molecular formula is C26H33F3N2O3. The van der Waals surface area contributed by atoms with Gasteiger partial charge in [-0.3, -0.25) is 0 Å². The van der Waals surface area contributed by atoms with Crippen LogP contribution in [0.2, 0.25) is 0 Å². The zero-order chi connectivity index (χ0) is 24.9. The Balaban J connectivity index is 1.70. The molecule has 2 saturated heterocycles. The molecule has 186 valence electrons. The van der Waals surface area contributed by atoms with Crippen LogP contribution in [0.15, 0.2) is 48.5 Å². The molecule has 8 heteroatoms. The number of alkyl halides is 3. The van der Waals surface area contributed by atoms with E-state index in [1.165, 1.54) is 24.3 Å². The molecule has 34 heavy (non-hydrogen) atoms. The lowest BCUT2D eigenvalue weighted by Crippen LogP contribution is -2.63. The van der Waals surface area contributed by atoms with E-state index in [2.05, 4.69) is 14.5 Å². The zero-order valence-corrected chi connectivity index (χ0v) is 20.1. The fourth-order valence-corrected chi connectivity index (χ4v) is 5.63. The summed E-state index contributed by atoms with van der Waals surface area (Å²) in [6.07, 6.45) is -3.90. The molecule has 0 saturated carbocycles. The van der Waals surface area contributed by atoms with E-state index in [-0.39, 0.29) is 11.7 Å². The van der Waals surface area contributed by atoms with Gasteiger partial charge in [0.15, 0.2) is 0 Å². The largest absolute Gasteiger partial charge is 0.573 e. The second-order valence-electron chi connectivity index (χ2n) is 10.7. The van der Waals surface area contributed by atoms with Gasteiger partial charge < -0.3 is 24.7 Å². The van der Waals surface area contributed by atoms with Crippen molar-refractivity contribution in [3.8, 4) is 5.75 Å². The van der Waals surface area contributed by atoms with Crippen LogP contribution in [0, 0.1) is 11.3 Å². The van der Waals surface area contributed by atoms with E-state index in [0.717, 1.165) is 25.2 Å². The highest BCUT2D eigenvalue weighted by molar-refractivity contribution is 5.54. The standard InChI is InChI=1S/C26H33F3N2O3/c1-23(2,32)20-12-13-31(15-20)21-7-5-6-19(14-21)25(33,24(3)16-30(4)17-24)18-8-10-22(11-9-18)34-26(27,28)29/h5-11,14,20,32-33H,12-13,15-17H2,1-4H3/t20-,25-/m0/s1. The number of anilines is 1. The van der Waals surface area contributed by atoms with Crippen LogP contribution in [-0.4, -0.2) is 60.3 Å². The maximum atomic E-state index is 12.6. The molecule has 0 amide bonds. The van der Waals surface area contributed by atoms with Gasteiger partial charge in [0, 0.05) is 43.2 Å². The molecule has 0 radical (unpaired) electrons. The zero-order valence-electron chi connectivity index (χ0n) is 20.1. The Morgan fingerprint density at radius 3 is 2.18 bits per heavy atom. The van der Waals surface area contributed by atoms with Crippen LogP contribution >= 0.6 is 0 Å². The minimum Gasteiger partial charge on any atom is -0.406 e. The molecule has 0 unspecified atom stereocenters. The van der Waals surface area contributed by atoms with E-state index in [9.17, 15) is 23.4 Å². The molecule has 5 nitrogen and oxygen atoms in total. The molecule has 0 spiro atoms. The van der Waals surface area contributed by atoms with Crippen molar-refractivity contribution in [2.45, 2.75) is 44.8 Å². The van der Waals surface area contributed by atoms with E-state index < -0.39 is 23.0 Å². The van der Waals surface area contributed by atoms with Crippen molar-refractivity contribution in [2.75, 3.05) is 38.1 Å². The summed E-state index contributed by atoms with van der Waals surface area (Å²) < 4.78 is 41.9. The van der Waals surface area contributed by atoms with Gasteiger partial charge in [-0.1, -0.05) is 31.2 Å². The van der Waals surface area contributed by atoms with E-state index in [4.69, 9.17) is 0 Å². The lowest BCUT2D eigenvalue weighted by Gasteiger charge is -2.56. The maximum Gasteiger partial charge on any atom is 0.573 e. The van der Waals surface area contributed by atoms with Gasteiger partial charge in [0.05, 0.1) is 5.60 Å². The van der Waals surface area contributed by atoms with Gasteiger partial charge in [-0.05, 0) is 62.7 Å². The quantitative estimate of drug-likeness (QED) is 0.646. The van der Waals surface area contributed by atoms with Crippen molar-refractivity contribution in [2.24, 2.45) is 11.3 Å². The summed E-state index contributed by atoms with van der Waals surface area (Å²) >= 11 is 0. The molecule has 2 aromatic rings. The number of hydrogen-bond acceptors (Lipinski definition) is 5. The summed E-state index contributed by atoms with van der Waals surface area (Å²) in [6.45, 7) is 8.46. The van der Waals surface area contributed by atoms with Crippen LogP contribution in [0.4, 0.5) is 18.9 Å². The second kappa shape index (κ2) is 8.43. The number of hydrogen-bond donors (Lipinski definition) is 2. The first-order chi connectivity index (χ1) is 15.7. The monoisotopic (exact) mass is 478 g/mol. The minimum atomic E-state index is -4.77. The third kappa shape index (κ3) is 4.63. The number of likely N-dealkylation sites (tertiary alicyclic amines) is 1. The van der Waals surface area contributed by atoms with Crippen LogP contribution in [0.3, 0.4) is 0 Å². The molecule has 2 aliphatic heterocycles. The topological polar surface area (TPSA) is 56.2 Å². The van der Waals surface area contributed by atoms with Gasteiger partial charge in [-0.15, -0.1) is 13.2 Å². The lowest BCUT2D eigenvalue weighted by atomic mass is 9.62. The van der Waals surface area contributed by atoms with Crippen molar-refractivity contribution in [3.63, 3.8) is 0 Å². The Hall–Kier alpha value is -2.29. The van der Waals surface area contributed by atoms with E-state index in [0.29, 0.717) is 24.2 Å². The van der Waals surface area contributed by atoms with E-state index in [1.807, 2.05) is 52.1 Å². The first-order valence-electron chi connectivity index (χ1n) is 11.6. The fourth-order valence-electron chi connectivity index (χ4n) is 5.63. The predicted molar refractivity (Wildman–Crippen MR) is 125 cm³/mol. The molecule has 0 bridgehead atoms. The first kappa shape index (κ1) is 24.8. The first-order valence-corrected chi connectivity index (χ1v) is 11.6. The Bertz CT molecular complexity index is 1010. The molecule has 2 aromatic carbocycles. The molecule has 2 aliphatic rings. The van der Waals surface area contributed by atoms with Crippen molar-refractivity contribution in [1.82, 2.24) is 4.90 Å². The van der Waals surface area contributed by atoms with Gasteiger partial charge in [0.2, 0.25) is 0 Å². The third-order valence-electron chi connectivity index (χ3n) is 7.43. The van der Waals surface area contributed by atoms with Gasteiger partial charge in [-0.25, -0.2) is 0 Å². The molecular weight excluding hydrogens is 445 g/mol. The van der Waals surface area contributed by atoms with E-state index in [1.54, 1.807) is 0 Å². The van der Waals surface area contributed by atoms with Gasteiger partial charge in [0.25, 0.3) is 0 Å². The van der Waals surface area contributed by atoms with Crippen molar-refractivity contribution < 1.29 is 28.1 Å². The highest BCUT2D eigenvalue weighted by Crippen LogP contribution is 2.51. The normalized spacial score (nSPS) is 22.9. The summed E-state index contributed by atoms with van der Waals surface area (Å²) in [4.78, 5) is 4.31. The smallest absolute Gasteiger partial charge is 0.406 e. The summed E-state index contributed by atoms with van der Waals surface area (Å²) in [5.41, 5.74) is -0.551. The van der Waals surface area contributed by atoms with Crippen LogP contribution in [0.25, 0.3) is 0 Å². The Labute approximate surface area is 198 Å². The SMILES string of the molecule is CN1CC(C)([C@](O)(c2ccc(OC(F)(F)F)cc2)c2cccc(N3CC[C@H](C(C)(C)O)C3)c2)C1. The Kier molecular flexibility index (Phi) is 6.15. The number of ether oxygens (including phenoxy) is 1. The number of benzene rings is 2. The molecule has 2 atom stereocenters. The average Bonchev–Trinajstić information content (AvgIpc) is 3.22. The minimum absolute atomic E-state index is 0.147. The summed E-state index contributed by atoms with van der Waals surface area (Å²) in [5.74, 6) is -0.174. The number of halogens is 3. The molecule has 4 rings (SSSR count). The van der Waals surface area contributed by atoms with Gasteiger partial charge in [0.1, 0.15) is 11.4 Å². The van der Waals surface area contributed by atoms with Gasteiger partial charge >= 0.3 is 6.36 Å². The van der Waals surface area contributed by atoms with Crippen molar-refractivity contribution in [1.29, 1.82) is 0 Å². The maximum absolute atomic E-state index is 12.6. The highest BCUT2D eigenvalue weighted by Gasteiger charge is 2.55. The summed E-state index contributed by atoms with van der Waals surface area (Å²) in [6, 6.07) is 13.3. The predicted octanol–water partition coefficient (Wildman–Crippen LogP) is 4.37. The van der Waals surface area contributed by atoms with Gasteiger partial charge in [-0.2, -0.15) is 0 Å². The third-order valence-corrected chi connectivity index (χ3v) is 7.43.